The zero-order valence-electron chi connectivity index (χ0n) is 17.9. The number of likely N-dealkylation sites (tertiary alicyclic amines) is 1. The summed E-state index contributed by atoms with van der Waals surface area (Å²) in [5.74, 6) is -1.30. The fourth-order valence-corrected chi connectivity index (χ4v) is 4.46. The minimum absolute atomic E-state index is 0.0637. The number of benzene rings is 2. The van der Waals surface area contributed by atoms with Crippen LogP contribution in [-0.4, -0.2) is 57.0 Å². The number of aryl methyl sites for hydroxylation is 1. The molecule has 2 aliphatic rings. The van der Waals surface area contributed by atoms with Gasteiger partial charge < -0.3 is 14.7 Å². The van der Waals surface area contributed by atoms with E-state index in [9.17, 15) is 14.4 Å². The maximum atomic E-state index is 12.6. The monoisotopic (exact) mass is 446 g/mol. The number of nitrogens with zero attached hydrogens (tertiary/aromatic N) is 3. The van der Waals surface area contributed by atoms with Crippen molar-refractivity contribution >= 4 is 23.8 Å². The van der Waals surface area contributed by atoms with Gasteiger partial charge in [0.15, 0.2) is 5.69 Å². The summed E-state index contributed by atoms with van der Waals surface area (Å²) in [4.78, 5) is 37.5. The number of carbonyl (C=O) groups excluding carboxylic acids is 2. The summed E-state index contributed by atoms with van der Waals surface area (Å²) in [6.45, 7) is 0.527. The molecule has 0 radical (unpaired) electrons. The first kappa shape index (κ1) is 20.7. The molecule has 1 aliphatic carbocycles. The molecule has 2 heterocycles. The highest BCUT2D eigenvalue weighted by Gasteiger charge is 2.39. The van der Waals surface area contributed by atoms with E-state index in [1.54, 1.807) is 7.05 Å². The first-order chi connectivity index (χ1) is 15.9. The number of aliphatic carboxylic acids is 1. The number of nitrogens with one attached hydrogen (secondary N) is 1. The van der Waals surface area contributed by atoms with Crippen molar-refractivity contribution < 1.29 is 24.2 Å². The normalized spacial score (nSPS) is 16.5. The van der Waals surface area contributed by atoms with Crippen LogP contribution in [0, 0.1) is 0 Å². The van der Waals surface area contributed by atoms with Crippen molar-refractivity contribution in [2.75, 3.05) is 18.5 Å². The predicted octanol–water partition coefficient (Wildman–Crippen LogP) is 3.08. The van der Waals surface area contributed by atoms with Gasteiger partial charge in [-0.05, 0) is 28.7 Å². The van der Waals surface area contributed by atoms with Crippen LogP contribution in [0.3, 0.4) is 0 Å². The van der Waals surface area contributed by atoms with Gasteiger partial charge in [0.2, 0.25) is 0 Å². The number of fused-ring (bicyclic) bond motifs is 3. The van der Waals surface area contributed by atoms with Gasteiger partial charge in [0.05, 0.1) is 0 Å². The molecule has 168 valence electrons. The van der Waals surface area contributed by atoms with Gasteiger partial charge in [-0.25, -0.2) is 9.59 Å². The molecule has 1 unspecified atom stereocenters. The lowest BCUT2D eigenvalue weighted by atomic mass is 9.98. The SMILES string of the molecule is Cn1nc(C(=O)N2CCC2C(=O)O)cc1NC(=O)OCC1c2ccccc2-c2ccccc21. The molecular weight excluding hydrogens is 424 g/mol. The van der Waals surface area contributed by atoms with E-state index in [2.05, 4.69) is 22.5 Å². The maximum absolute atomic E-state index is 12.6. The highest BCUT2D eigenvalue weighted by atomic mass is 16.5. The molecule has 2 N–H and O–H groups in total. The number of carboxylic acid groups (broad SMARTS) is 1. The molecular formula is C24H22N4O5. The average molecular weight is 446 g/mol. The second kappa shape index (κ2) is 8.09. The highest BCUT2D eigenvalue weighted by molar-refractivity contribution is 5.97. The number of aromatic nitrogens is 2. The van der Waals surface area contributed by atoms with E-state index in [1.807, 2.05) is 36.4 Å². The van der Waals surface area contributed by atoms with Crippen LogP contribution >= 0.6 is 0 Å². The molecule has 1 saturated heterocycles. The van der Waals surface area contributed by atoms with Crippen LogP contribution in [0.5, 0.6) is 0 Å². The Hall–Kier alpha value is -4.14. The minimum Gasteiger partial charge on any atom is -0.480 e. The van der Waals surface area contributed by atoms with Crippen LogP contribution in [0.1, 0.15) is 34.0 Å². The quantitative estimate of drug-likeness (QED) is 0.623. The smallest absolute Gasteiger partial charge is 0.412 e. The molecule has 2 aromatic carbocycles. The third-order valence-corrected chi connectivity index (χ3v) is 6.24. The van der Waals surface area contributed by atoms with Crippen molar-refractivity contribution in [3.63, 3.8) is 0 Å². The van der Waals surface area contributed by atoms with E-state index in [4.69, 9.17) is 9.84 Å². The van der Waals surface area contributed by atoms with Crippen molar-refractivity contribution in [2.24, 2.45) is 7.05 Å². The third kappa shape index (κ3) is 3.61. The molecule has 2 amide bonds. The molecule has 1 fully saturated rings. The topological polar surface area (TPSA) is 114 Å². The van der Waals surface area contributed by atoms with Crippen molar-refractivity contribution in [3.8, 4) is 11.1 Å². The molecule has 3 aromatic rings. The molecule has 33 heavy (non-hydrogen) atoms. The molecule has 1 aliphatic heterocycles. The maximum Gasteiger partial charge on any atom is 0.412 e. The van der Waals surface area contributed by atoms with Crippen LogP contribution in [0.2, 0.25) is 0 Å². The Morgan fingerprint density at radius 3 is 2.30 bits per heavy atom. The van der Waals surface area contributed by atoms with Crippen LogP contribution in [-0.2, 0) is 16.6 Å². The molecule has 9 nitrogen and oxygen atoms in total. The average Bonchev–Trinajstić information content (AvgIpc) is 3.29. The van der Waals surface area contributed by atoms with E-state index >= 15 is 0 Å². The van der Waals surface area contributed by atoms with E-state index in [-0.39, 0.29) is 24.0 Å². The standard InChI is InChI=1S/C24H22N4O5/c1-27-21(12-19(26-27)22(29)28-11-10-20(28)23(30)31)25-24(32)33-13-18-16-8-4-2-6-14(16)15-7-3-5-9-17(15)18/h2-9,12,18,20H,10-11,13H2,1H3,(H,25,32)(H,30,31). The van der Waals surface area contributed by atoms with Crippen LogP contribution in [0.25, 0.3) is 11.1 Å². The van der Waals surface area contributed by atoms with Gasteiger partial charge in [0, 0.05) is 25.6 Å². The van der Waals surface area contributed by atoms with Gasteiger partial charge in [-0.2, -0.15) is 5.10 Å². The van der Waals surface area contributed by atoms with E-state index in [0.717, 1.165) is 22.3 Å². The summed E-state index contributed by atoms with van der Waals surface area (Å²) < 4.78 is 6.88. The van der Waals surface area contributed by atoms with E-state index in [0.29, 0.717) is 13.0 Å². The number of anilines is 1. The summed E-state index contributed by atoms with van der Waals surface area (Å²) in [5, 5.41) is 15.9. The van der Waals surface area contributed by atoms with E-state index < -0.39 is 24.0 Å². The van der Waals surface area contributed by atoms with Gasteiger partial charge in [0.25, 0.3) is 5.91 Å². The molecule has 0 bridgehead atoms. The van der Waals surface area contributed by atoms with Crippen LogP contribution < -0.4 is 5.32 Å². The van der Waals surface area contributed by atoms with E-state index in [1.165, 1.54) is 15.6 Å². The zero-order valence-corrected chi connectivity index (χ0v) is 17.9. The minimum atomic E-state index is -1.04. The zero-order chi connectivity index (χ0) is 23.1. The Bertz CT molecular complexity index is 1220. The first-order valence-corrected chi connectivity index (χ1v) is 10.6. The fraction of sp³-hybridized carbons (Fsp3) is 0.250. The molecule has 1 aromatic heterocycles. The summed E-state index contributed by atoms with van der Waals surface area (Å²) in [6.07, 6.45) is -0.245. The Morgan fingerprint density at radius 2 is 1.73 bits per heavy atom. The Balaban J connectivity index is 1.25. The first-order valence-electron chi connectivity index (χ1n) is 10.6. The molecule has 5 rings (SSSR count). The van der Waals surface area contributed by atoms with Crippen molar-refractivity contribution in [1.29, 1.82) is 0 Å². The Kier molecular flexibility index (Phi) is 5.08. The largest absolute Gasteiger partial charge is 0.480 e. The molecule has 0 saturated carbocycles. The number of ether oxygens (including phenoxy) is 1. The summed E-state index contributed by atoms with van der Waals surface area (Å²) in [5.41, 5.74) is 4.58. The summed E-state index contributed by atoms with van der Waals surface area (Å²) in [7, 11) is 1.58. The molecule has 9 heteroatoms. The number of hydrogen-bond acceptors (Lipinski definition) is 5. The number of hydrogen-bond donors (Lipinski definition) is 2. The predicted molar refractivity (Wildman–Crippen MR) is 119 cm³/mol. The second-order valence-corrected chi connectivity index (χ2v) is 8.13. The molecule has 1 atom stereocenters. The number of carboxylic acids is 1. The fourth-order valence-electron chi connectivity index (χ4n) is 4.46. The lowest BCUT2D eigenvalue weighted by Gasteiger charge is -2.37. The number of rotatable bonds is 5. The van der Waals surface area contributed by atoms with Gasteiger partial charge >= 0.3 is 12.1 Å². The summed E-state index contributed by atoms with van der Waals surface area (Å²) >= 11 is 0. The third-order valence-electron chi connectivity index (χ3n) is 6.24. The van der Waals surface area contributed by atoms with Crippen LogP contribution in [0.4, 0.5) is 10.6 Å². The Morgan fingerprint density at radius 1 is 1.09 bits per heavy atom. The lowest BCUT2D eigenvalue weighted by molar-refractivity contribution is -0.146. The van der Waals surface area contributed by atoms with Crippen molar-refractivity contribution in [3.05, 3.63) is 71.4 Å². The number of amides is 2. The van der Waals surface area contributed by atoms with Crippen molar-refractivity contribution in [2.45, 2.75) is 18.4 Å². The summed E-state index contributed by atoms with van der Waals surface area (Å²) in [6, 6.07) is 16.7. The second-order valence-electron chi connectivity index (χ2n) is 8.13. The Labute approximate surface area is 189 Å². The van der Waals surface area contributed by atoms with Crippen LogP contribution in [0.15, 0.2) is 54.6 Å². The van der Waals surface area contributed by atoms with Gasteiger partial charge in [-0.15, -0.1) is 0 Å². The van der Waals surface area contributed by atoms with Gasteiger partial charge in [0.1, 0.15) is 18.5 Å². The molecule has 0 spiro atoms. The van der Waals surface area contributed by atoms with Gasteiger partial charge in [-0.3, -0.25) is 14.8 Å². The number of carbonyl (C=O) groups is 3. The van der Waals surface area contributed by atoms with Gasteiger partial charge in [-0.1, -0.05) is 48.5 Å². The highest BCUT2D eigenvalue weighted by Crippen LogP contribution is 2.44. The van der Waals surface area contributed by atoms with Crippen molar-refractivity contribution in [1.82, 2.24) is 14.7 Å². The lowest BCUT2D eigenvalue weighted by Crippen LogP contribution is -2.55.